The molecule has 0 bridgehead atoms. The van der Waals surface area contributed by atoms with Gasteiger partial charge in [0, 0.05) is 12.1 Å². The predicted molar refractivity (Wildman–Crippen MR) is 75.6 cm³/mol. The van der Waals surface area contributed by atoms with Crippen molar-refractivity contribution < 1.29 is 14.8 Å². The Kier molecular flexibility index (Phi) is 3.94. The van der Waals surface area contributed by atoms with E-state index in [2.05, 4.69) is 26.2 Å². The Morgan fingerprint density at radius 1 is 1.70 bits per heavy atom. The van der Waals surface area contributed by atoms with Crippen molar-refractivity contribution in [2.75, 3.05) is 5.32 Å². The van der Waals surface area contributed by atoms with Crippen molar-refractivity contribution in [1.29, 1.82) is 0 Å². The topological polar surface area (TPSA) is 105 Å². The van der Waals surface area contributed by atoms with Gasteiger partial charge in [-0.05, 0) is 35.7 Å². The number of nitrogens with one attached hydrogen (secondary N) is 1. The average molecular weight is 344 g/mol. The van der Waals surface area contributed by atoms with Crippen LogP contribution < -0.4 is 5.32 Å². The average Bonchev–Trinajstić information content (AvgIpc) is 2.74. The van der Waals surface area contributed by atoms with Gasteiger partial charge in [0.15, 0.2) is 0 Å². The van der Waals surface area contributed by atoms with Gasteiger partial charge in [0.05, 0.1) is 14.8 Å². The molecule has 1 saturated carbocycles. The van der Waals surface area contributed by atoms with Crippen LogP contribution in [0.1, 0.15) is 26.2 Å². The second-order valence-electron chi connectivity index (χ2n) is 5.09. The smallest absolute Gasteiger partial charge is 0.311 e. The molecule has 0 aromatic carbocycles. The predicted octanol–water partition coefficient (Wildman–Crippen LogP) is 2.81. The number of anilines is 1. The van der Waals surface area contributed by atoms with Crippen molar-refractivity contribution in [2.45, 2.75) is 32.2 Å². The molecular weight excluding hydrogens is 330 g/mol. The van der Waals surface area contributed by atoms with Gasteiger partial charge in [-0.15, -0.1) is 0 Å². The first-order valence-electron chi connectivity index (χ1n) is 6.14. The van der Waals surface area contributed by atoms with Gasteiger partial charge in [-0.3, -0.25) is 14.9 Å². The Morgan fingerprint density at radius 3 is 2.95 bits per heavy atom. The summed E-state index contributed by atoms with van der Waals surface area (Å²) in [4.78, 5) is 25.5. The van der Waals surface area contributed by atoms with Crippen LogP contribution in [0.2, 0.25) is 0 Å². The van der Waals surface area contributed by atoms with Crippen molar-refractivity contribution in [3.05, 3.63) is 26.9 Å². The number of nitro groups is 1. The van der Waals surface area contributed by atoms with Gasteiger partial charge in [0.25, 0.3) is 5.69 Å². The van der Waals surface area contributed by atoms with Gasteiger partial charge in [-0.1, -0.05) is 6.42 Å². The first-order chi connectivity index (χ1) is 9.34. The second-order valence-corrected chi connectivity index (χ2v) is 5.95. The quantitative estimate of drug-likeness (QED) is 0.643. The van der Waals surface area contributed by atoms with Crippen LogP contribution in [0.5, 0.6) is 0 Å². The maximum absolute atomic E-state index is 11.4. The maximum atomic E-state index is 11.4. The molecule has 0 amide bonds. The summed E-state index contributed by atoms with van der Waals surface area (Å²) in [7, 11) is 0. The number of aromatic nitrogens is 1. The van der Waals surface area contributed by atoms with Gasteiger partial charge in [0.1, 0.15) is 12.0 Å². The van der Waals surface area contributed by atoms with Crippen LogP contribution in [0.3, 0.4) is 0 Å². The fraction of sp³-hybridized carbons (Fsp3) is 0.500. The third-order valence-corrected chi connectivity index (χ3v) is 4.40. The fourth-order valence-corrected chi connectivity index (χ4v) is 2.90. The molecule has 0 spiro atoms. The van der Waals surface area contributed by atoms with Crippen molar-refractivity contribution in [1.82, 2.24) is 4.98 Å². The summed E-state index contributed by atoms with van der Waals surface area (Å²) in [5.41, 5.74) is -0.960. The van der Waals surface area contributed by atoms with Crippen LogP contribution in [0.4, 0.5) is 11.5 Å². The van der Waals surface area contributed by atoms with Crippen LogP contribution in [-0.4, -0.2) is 27.0 Å². The number of carboxylic acid groups (broad SMARTS) is 1. The number of rotatable bonds is 4. The molecule has 7 nitrogen and oxygen atoms in total. The molecule has 0 saturated heterocycles. The SMILES string of the molecule is CC1(C(=O)O)CCCC1Nc1ncc([N+](=O)[O-])cc1Br. The Balaban J connectivity index is 2.22. The largest absolute Gasteiger partial charge is 0.481 e. The van der Waals surface area contributed by atoms with E-state index in [-0.39, 0.29) is 11.7 Å². The van der Waals surface area contributed by atoms with E-state index in [0.29, 0.717) is 16.7 Å². The molecule has 108 valence electrons. The third-order valence-electron chi connectivity index (χ3n) is 3.80. The van der Waals surface area contributed by atoms with Gasteiger partial charge in [-0.25, -0.2) is 4.98 Å². The van der Waals surface area contributed by atoms with Crippen LogP contribution in [-0.2, 0) is 4.79 Å². The summed E-state index contributed by atoms with van der Waals surface area (Å²) < 4.78 is 0.450. The highest BCUT2D eigenvalue weighted by Crippen LogP contribution is 2.40. The number of hydrogen-bond acceptors (Lipinski definition) is 5. The molecule has 8 heteroatoms. The molecule has 1 aromatic heterocycles. The van der Waals surface area contributed by atoms with Crippen molar-refractivity contribution in [3.8, 4) is 0 Å². The Hall–Kier alpha value is -1.70. The molecule has 1 aromatic rings. The minimum atomic E-state index is -0.844. The lowest BCUT2D eigenvalue weighted by Gasteiger charge is -2.28. The zero-order valence-corrected chi connectivity index (χ0v) is 12.4. The summed E-state index contributed by atoms with van der Waals surface area (Å²) in [6.45, 7) is 1.71. The first-order valence-corrected chi connectivity index (χ1v) is 6.94. The van der Waals surface area contributed by atoms with E-state index in [1.807, 2.05) is 0 Å². The van der Waals surface area contributed by atoms with Gasteiger partial charge in [0.2, 0.25) is 0 Å². The Bertz CT molecular complexity index is 566. The van der Waals surface area contributed by atoms with Crippen LogP contribution in [0.25, 0.3) is 0 Å². The molecule has 2 rings (SSSR count). The number of hydrogen-bond donors (Lipinski definition) is 2. The lowest BCUT2D eigenvalue weighted by atomic mass is 9.85. The zero-order chi connectivity index (χ0) is 14.9. The zero-order valence-electron chi connectivity index (χ0n) is 10.8. The fourth-order valence-electron chi connectivity index (χ4n) is 2.45. The molecule has 1 aliphatic carbocycles. The first kappa shape index (κ1) is 14.7. The highest BCUT2D eigenvalue weighted by molar-refractivity contribution is 9.10. The molecular formula is C12H14BrN3O4. The van der Waals surface area contributed by atoms with Crippen molar-refractivity contribution in [2.24, 2.45) is 5.41 Å². The molecule has 0 aliphatic heterocycles. The number of aliphatic carboxylic acids is 1. The second kappa shape index (κ2) is 5.35. The highest BCUT2D eigenvalue weighted by Gasteiger charge is 2.45. The Labute approximate surface area is 123 Å². The number of pyridine rings is 1. The summed E-state index contributed by atoms with van der Waals surface area (Å²) in [5, 5.41) is 23.1. The van der Waals surface area contributed by atoms with E-state index >= 15 is 0 Å². The van der Waals surface area contributed by atoms with Gasteiger partial charge in [-0.2, -0.15) is 0 Å². The molecule has 1 heterocycles. The number of carboxylic acids is 1. The molecule has 2 atom stereocenters. The minimum Gasteiger partial charge on any atom is -0.481 e. The van der Waals surface area contributed by atoms with E-state index in [1.54, 1.807) is 6.92 Å². The third kappa shape index (κ3) is 2.60. The molecule has 0 radical (unpaired) electrons. The number of nitrogens with zero attached hydrogens (tertiary/aromatic N) is 2. The van der Waals surface area contributed by atoms with Crippen molar-refractivity contribution >= 4 is 33.4 Å². The van der Waals surface area contributed by atoms with E-state index in [0.717, 1.165) is 19.0 Å². The Morgan fingerprint density at radius 2 is 2.40 bits per heavy atom. The number of carbonyl (C=O) groups is 1. The van der Waals surface area contributed by atoms with E-state index < -0.39 is 16.3 Å². The van der Waals surface area contributed by atoms with Crippen molar-refractivity contribution in [3.63, 3.8) is 0 Å². The lowest BCUT2D eigenvalue weighted by Crippen LogP contribution is -2.40. The van der Waals surface area contributed by atoms with E-state index in [4.69, 9.17) is 0 Å². The summed E-state index contributed by atoms with van der Waals surface area (Å²) >= 11 is 3.22. The van der Waals surface area contributed by atoms with Crippen LogP contribution in [0.15, 0.2) is 16.7 Å². The summed E-state index contributed by atoms with van der Waals surface area (Å²) in [5.74, 6) is -0.416. The minimum absolute atomic E-state index is 0.116. The van der Waals surface area contributed by atoms with Crippen LogP contribution >= 0.6 is 15.9 Å². The van der Waals surface area contributed by atoms with E-state index in [1.165, 1.54) is 6.07 Å². The molecule has 2 unspecified atom stereocenters. The monoisotopic (exact) mass is 343 g/mol. The molecule has 1 aliphatic rings. The normalized spacial score (nSPS) is 25.4. The highest BCUT2D eigenvalue weighted by atomic mass is 79.9. The molecule has 2 N–H and O–H groups in total. The lowest BCUT2D eigenvalue weighted by molar-refractivity contribution is -0.385. The maximum Gasteiger partial charge on any atom is 0.311 e. The summed E-state index contributed by atoms with van der Waals surface area (Å²) in [6.07, 6.45) is 3.31. The van der Waals surface area contributed by atoms with Gasteiger partial charge < -0.3 is 10.4 Å². The standard InChI is InChI=1S/C12H14BrN3O4/c1-12(11(17)18)4-2-3-9(12)15-10-8(13)5-7(6-14-10)16(19)20/h5-6,9H,2-4H2,1H3,(H,14,15)(H,17,18). The van der Waals surface area contributed by atoms with E-state index in [9.17, 15) is 20.0 Å². The summed E-state index contributed by atoms with van der Waals surface area (Å²) in [6, 6.07) is 1.10. The van der Waals surface area contributed by atoms with Crippen LogP contribution in [0, 0.1) is 15.5 Å². The molecule has 20 heavy (non-hydrogen) atoms. The van der Waals surface area contributed by atoms with Gasteiger partial charge >= 0.3 is 5.97 Å². The number of halogens is 1. The molecule has 1 fully saturated rings.